The van der Waals surface area contributed by atoms with Crippen molar-refractivity contribution in [1.29, 1.82) is 0 Å². The van der Waals surface area contributed by atoms with Crippen LogP contribution >= 0.6 is 0 Å². The van der Waals surface area contributed by atoms with Gasteiger partial charge < -0.3 is 14.4 Å². The summed E-state index contributed by atoms with van der Waals surface area (Å²) in [6, 6.07) is 9.99. The fraction of sp³-hybridized carbons (Fsp3) is 0.417. The van der Waals surface area contributed by atoms with E-state index >= 15 is 0 Å². The summed E-state index contributed by atoms with van der Waals surface area (Å²) in [5.74, 6) is 0.381. The summed E-state index contributed by atoms with van der Waals surface area (Å²) in [5.41, 5.74) is -0.314. The first-order chi connectivity index (χ1) is 16.1. The Morgan fingerprint density at radius 1 is 1.15 bits per heavy atom. The number of halogens is 3. The van der Waals surface area contributed by atoms with Gasteiger partial charge in [-0.25, -0.2) is 9.59 Å². The van der Waals surface area contributed by atoms with E-state index in [0.717, 1.165) is 6.07 Å². The minimum absolute atomic E-state index is 0.0179. The Morgan fingerprint density at radius 2 is 1.88 bits per heavy atom. The largest absolute Gasteiger partial charge is 0.494 e. The number of carbonyl (C=O) groups is 1. The molecule has 1 aromatic heterocycles. The molecule has 1 saturated heterocycles. The number of nitrogens with zero attached hydrogens (tertiary/aromatic N) is 3. The molecule has 2 heterocycles. The first-order valence-electron chi connectivity index (χ1n) is 11.0. The number of rotatable bonds is 5. The summed E-state index contributed by atoms with van der Waals surface area (Å²) < 4.78 is 54.4. The number of benzene rings is 2. The molecule has 1 unspecified atom stereocenters. The fourth-order valence-corrected chi connectivity index (χ4v) is 4.47. The highest BCUT2D eigenvalue weighted by molar-refractivity contribution is 5.83. The van der Waals surface area contributed by atoms with Crippen LogP contribution in [0.15, 0.2) is 47.3 Å². The molecule has 1 amide bonds. The second-order valence-corrected chi connectivity index (χ2v) is 8.54. The van der Waals surface area contributed by atoms with Crippen LogP contribution in [0.1, 0.15) is 37.4 Å². The molecule has 0 N–H and O–H groups in total. The van der Waals surface area contributed by atoms with E-state index < -0.39 is 23.5 Å². The van der Waals surface area contributed by atoms with Gasteiger partial charge in [-0.15, -0.1) is 0 Å². The lowest BCUT2D eigenvalue weighted by Crippen LogP contribution is -2.33. The SMILES string of the molecule is COc1cccc2c1n(Cc1ccccc1C(F)(F)F)c(=O)n2C1CCN(C(=O)OC(C)C)C1. The smallest absolute Gasteiger partial charge is 0.416 e. The van der Waals surface area contributed by atoms with Gasteiger partial charge in [0.1, 0.15) is 11.3 Å². The van der Waals surface area contributed by atoms with Gasteiger partial charge in [-0.05, 0) is 44.0 Å². The third-order valence-corrected chi connectivity index (χ3v) is 5.94. The molecular weight excluding hydrogens is 451 g/mol. The minimum Gasteiger partial charge on any atom is -0.494 e. The number of ether oxygens (including phenoxy) is 2. The van der Waals surface area contributed by atoms with E-state index in [9.17, 15) is 22.8 Å². The maximum Gasteiger partial charge on any atom is 0.416 e. The molecule has 0 radical (unpaired) electrons. The fourth-order valence-electron chi connectivity index (χ4n) is 4.47. The number of amides is 1. The molecule has 182 valence electrons. The Morgan fingerprint density at radius 3 is 2.56 bits per heavy atom. The Bertz CT molecular complexity index is 1260. The summed E-state index contributed by atoms with van der Waals surface area (Å²) in [4.78, 5) is 27.5. The van der Waals surface area contributed by atoms with Crippen molar-refractivity contribution >= 4 is 17.1 Å². The maximum absolute atomic E-state index is 13.6. The third-order valence-electron chi connectivity index (χ3n) is 5.94. The number of para-hydroxylation sites is 1. The highest BCUT2D eigenvalue weighted by atomic mass is 19.4. The van der Waals surface area contributed by atoms with Gasteiger partial charge in [0.15, 0.2) is 0 Å². The number of carbonyl (C=O) groups excluding carboxylic acids is 1. The van der Waals surface area contributed by atoms with Gasteiger partial charge in [-0.2, -0.15) is 13.2 Å². The third kappa shape index (κ3) is 4.36. The zero-order valence-electron chi connectivity index (χ0n) is 19.1. The number of hydrogen-bond acceptors (Lipinski definition) is 4. The van der Waals surface area contributed by atoms with Crippen molar-refractivity contribution in [3.63, 3.8) is 0 Å². The van der Waals surface area contributed by atoms with Crippen molar-refractivity contribution in [2.24, 2.45) is 0 Å². The van der Waals surface area contributed by atoms with E-state index in [1.54, 1.807) is 41.5 Å². The van der Waals surface area contributed by atoms with Crippen LogP contribution < -0.4 is 10.4 Å². The summed E-state index contributed by atoms with van der Waals surface area (Å²) in [6.45, 7) is 3.92. The van der Waals surface area contributed by atoms with Gasteiger partial charge in [0.05, 0.1) is 36.9 Å². The number of methoxy groups -OCH3 is 1. The molecule has 0 spiro atoms. The van der Waals surface area contributed by atoms with Gasteiger partial charge in [0.25, 0.3) is 0 Å². The summed E-state index contributed by atoms with van der Waals surface area (Å²) in [7, 11) is 1.45. The van der Waals surface area contributed by atoms with Crippen LogP contribution in [-0.4, -0.2) is 46.4 Å². The zero-order chi connectivity index (χ0) is 24.6. The van der Waals surface area contributed by atoms with E-state index in [-0.39, 0.29) is 30.8 Å². The Kier molecular flexibility index (Phi) is 6.33. The Balaban J connectivity index is 1.80. The lowest BCUT2D eigenvalue weighted by Gasteiger charge is -2.18. The van der Waals surface area contributed by atoms with Crippen molar-refractivity contribution in [3.05, 3.63) is 64.1 Å². The lowest BCUT2D eigenvalue weighted by atomic mass is 10.1. The van der Waals surface area contributed by atoms with E-state index in [2.05, 4.69) is 0 Å². The highest BCUT2D eigenvalue weighted by Gasteiger charge is 2.35. The quantitative estimate of drug-likeness (QED) is 0.536. The maximum atomic E-state index is 13.6. The molecule has 2 aromatic carbocycles. The molecule has 0 saturated carbocycles. The van der Waals surface area contributed by atoms with Gasteiger partial charge in [0.2, 0.25) is 0 Å². The lowest BCUT2D eigenvalue weighted by molar-refractivity contribution is -0.138. The zero-order valence-corrected chi connectivity index (χ0v) is 19.1. The van der Waals surface area contributed by atoms with E-state index in [1.807, 2.05) is 0 Å². The highest BCUT2D eigenvalue weighted by Crippen LogP contribution is 2.34. The molecule has 7 nitrogen and oxygen atoms in total. The standard InChI is InChI=1S/C24H26F3N3O4/c1-15(2)34-23(32)28-12-11-17(14-28)30-19-9-6-10-20(33-3)21(19)29(22(30)31)13-16-7-4-5-8-18(16)24(25,26)27/h4-10,15,17H,11-14H2,1-3H3. The van der Waals surface area contributed by atoms with Crippen LogP contribution in [0.5, 0.6) is 5.75 Å². The summed E-state index contributed by atoms with van der Waals surface area (Å²) in [5, 5.41) is 0. The molecule has 10 heteroatoms. The number of aromatic nitrogens is 2. The van der Waals surface area contributed by atoms with Crippen molar-refractivity contribution in [3.8, 4) is 5.75 Å². The van der Waals surface area contributed by atoms with E-state index in [1.165, 1.54) is 29.9 Å². The van der Waals surface area contributed by atoms with Crippen LogP contribution in [-0.2, 0) is 17.5 Å². The van der Waals surface area contributed by atoms with Crippen LogP contribution in [0.3, 0.4) is 0 Å². The number of fused-ring (bicyclic) bond motifs is 1. The number of likely N-dealkylation sites (tertiary alicyclic amines) is 1. The molecule has 34 heavy (non-hydrogen) atoms. The van der Waals surface area contributed by atoms with Crippen molar-refractivity contribution in [2.45, 2.75) is 45.1 Å². The van der Waals surface area contributed by atoms with Gasteiger partial charge >= 0.3 is 18.0 Å². The summed E-state index contributed by atoms with van der Waals surface area (Å²) in [6.07, 6.45) is -4.76. The monoisotopic (exact) mass is 477 g/mol. The average Bonchev–Trinajstić information content (AvgIpc) is 3.36. The van der Waals surface area contributed by atoms with Crippen LogP contribution in [0.4, 0.5) is 18.0 Å². The molecule has 0 bridgehead atoms. The number of hydrogen-bond donors (Lipinski definition) is 0. The molecule has 3 aromatic rings. The first kappa shape index (κ1) is 23.7. The Hall–Kier alpha value is -3.43. The van der Waals surface area contributed by atoms with Crippen LogP contribution in [0.2, 0.25) is 0 Å². The molecule has 1 aliphatic heterocycles. The molecule has 0 aliphatic carbocycles. The average molecular weight is 477 g/mol. The molecule has 4 rings (SSSR count). The summed E-state index contributed by atoms with van der Waals surface area (Å²) >= 11 is 0. The Labute approximate surface area is 194 Å². The van der Waals surface area contributed by atoms with Crippen LogP contribution in [0.25, 0.3) is 11.0 Å². The van der Waals surface area contributed by atoms with E-state index in [4.69, 9.17) is 9.47 Å². The van der Waals surface area contributed by atoms with Crippen LogP contribution in [0, 0.1) is 0 Å². The van der Waals surface area contributed by atoms with Gasteiger partial charge in [0, 0.05) is 13.1 Å². The normalized spacial score (nSPS) is 16.4. The molecule has 1 atom stereocenters. The van der Waals surface area contributed by atoms with Crippen molar-refractivity contribution in [1.82, 2.24) is 14.0 Å². The molecule has 1 aliphatic rings. The van der Waals surface area contributed by atoms with Gasteiger partial charge in [-0.1, -0.05) is 24.3 Å². The van der Waals surface area contributed by atoms with Crippen molar-refractivity contribution in [2.75, 3.05) is 20.2 Å². The predicted octanol–water partition coefficient (Wildman–Crippen LogP) is 4.67. The predicted molar refractivity (Wildman–Crippen MR) is 120 cm³/mol. The number of imidazole rings is 1. The second kappa shape index (κ2) is 9.08. The minimum atomic E-state index is -4.55. The topological polar surface area (TPSA) is 65.7 Å². The molecular formula is C24H26F3N3O4. The molecule has 1 fully saturated rings. The van der Waals surface area contributed by atoms with Crippen molar-refractivity contribution < 1.29 is 27.4 Å². The van der Waals surface area contributed by atoms with Gasteiger partial charge in [-0.3, -0.25) is 9.13 Å². The first-order valence-corrected chi connectivity index (χ1v) is 11.0. The number of alkyl halides is 3. The van der Waals surface area contributed by atoms with E-state index in [0.29, 0.717) is 29.7 Å². The second-order valence-electron chi connectivity index (χ2n) is 8.54.